The monoisotopic (exact) mass is 628 g/mol. The number of halogens is 4. The topological polar surface area (TPSA) is 111 Å². The Hall–Kier alpha value is -4.76. The molecule has 0 spiro atoms. The van der Waals surface area contributed by atoms with E-state index >= 15 is 4.39 Å². The Kier molecular flexibility index (Phi) is 8.69. The van der Waals surface area contributed by atoms with Crippen molar-refractivity contribution in [1.29, 1.82) is 0 Å². The van der Waals surface area contributed by atoms with E-state index in [1.807, 2.05) is 32.0 Å². The summed E-state index contributed by atoms with van der Waals surface area (Å²) in [4.78, 5) is 35.2. The van der Waals surface area contributed by atoms with Crippen molar-refractivity contribution in [1.82, 2.24) is 14.8 Å². The predicted octanol–water partition coefficient (Wildman–Crippen LogP) is 6.66. The Bertz CT molecular complexity index is 1740. The Balaban J connectivity index is 1.31. The van der Waals surface area contributed by atoms with Crippen LogP contribution in [0.25, 0.3) is 17.1 Å². The van der Waals surface area contributed by atoms with Gasteiger partial charge in [0.05, 0.1) is 28.9 Å². The second-order valence-electron chi connectivity index (χ2n) is 9.53. The highest BCUT2D eigenvalue weighted by atomic mass is 32.2. The number of aryl methyl sites for hydroxylation is 1. The quantitative estimate of drug-likeness (QED) is 0.228. The van der Waals surface area contributed by atoms with E-state index in [0.29, 0.717) is 11.4 Å². The van der Waals surface area contributed by atoms with Gasteiger partial charge in [-0.05, 0) is 67.9 Å². The number of methoxy groups -OCH3 is 1. The first-order chi connectivity index (χ1) is 20.9. The van der Waals surface area contributed by atoms with Crippen LogP contribution in [0.5, 0.6) is 5.75 Å². The number of aromatic nitrogens is 3. The summed E-state index contributed by atoms with van der Waals surface area (Å²) < 4.78 is 62.9. The van der Waals surface area contributed by atoms with Crippen LogP contribution in [0.1, 0.15) is 24.2 Å². The van der Waals surface area contributed by atoms with Crippen molar-refractivity contribution in [2.75, 3.05) is 23.1 Å². The molecule has 44 heavy (non-hydrogen) atoms. The Morgan fingerprint density at radius 3 is 2.55 bits per heavy atom. The number of nitrogens with one attached hydrogen (secondary N) is 1. The van der Waals surface area contributed by atoms with Crippen LogP contribution in [0.3, 0.4) is 0 Å². The summed E-state index contributed by atoms with van der Waals surface area (Å²) in [6, 6.07) is 13.6. The van der Waals surface area contributed by atoms with E-state index in [2.05, 4.69) is 25.1 Å². The molecule has 10 nitrogen and oxygen atoms in total. The normalized spacial score (nSPS) is 15.1. The van der Waals surface area contributed by atoms with Crippen molar-refractivity contribution < 1.29 is 36.6 Å². The average Bonchev–Trinajstić information content (AvgIpc) is 3.60. The third-order valence-corrected chi connectivity index (χ3v) is 7.40. The second kappa shape index (κ2) is 12.5. The summed E-state index contributed by atoms with van der Waals surface area (Å²) in [5, 5.41) is 6.79. The largest absolute Gasteiger partial charge is 0.573 e. The molecule has 1 atom stereocenters. The molecule has 1 aliphatic heterocycles. The van der Waals surface area contributed by atoms with Crippen LogP contribution in [0.4, 0.5) is 33.7 Å². The lowest BCUT2D eigenvalue weighted by Gasteiger charge is -2.23. The molecule has 0 saturated carbocycles. The molecule has 1 N–H and O–H groups in total. The molecule has 1 fully saturated rings. The first kappa shape index (κ1) is 30.7. The summed E-state index contributed by atoms with van der Waals surface area (Å²) in [6.45, 7) is 3.72. The van der Waals surface area contributed by atoms with Crippen LogP contribution in [-0.4, -0.2) is 51.1 Å². The smallest absolute Gasteiger partial charge is 0.406 e. The van der Waals surface area contributed by atoms with E-state index in [1.165, 1.54) is 40.2 Å². The molecule has 1 unspecified atom stereocenters. The Morgan fingerprint density at radius 2 is 1.86 bits per heavy atom. The van der Waals surface area contributed by atoms with Gasteiger partial charge in [0.1, 0.15) is 17.9 Å². The number of hydrogen-bond donors (Lipinski definition) is 1. The Morgan fingerprint density at radius 1 is 1.11 bits per heavy atom. The lowest BCUT2D eigenvalue weighted by molar-refractivity contribution is -0.274. The second-order valence-corrected chi connectivity index (χ2v) is 10.5. The number of urea groups is 1. The van der Waals surface area contributed by atoms with E-state index in [9.17, 15) is 22.8 Å². The fourth-order valence-corrected chi connectivity index (χ4v) is 5.16. The standard InChI is InChI=1S/C29H24F4N6O4S/c1-16-4-10-21(17(2)42-3)24(12-16)39-25(40)14-44-28(39)36-27(41)35-23-11-5-18(13-22(23)30)26-34-15-38(37-26)19-6-8-20(9-7-19)43-29(31,32)33/h4-13,15,17H,14H2,1-3H3,(H,35,41)/b36-28-. The number of nitrogens with zero attached hydrogens (tertiary/aromatic N) is 5. The lowest BCUT2D eigenvalue weighted by Crippen LogP contribution is -2.31. The van der Waals surface area contributed by atoms with Gasteiger partial charge in [0, 0.05) is 18.2 Å². The number of hydrogen-bond acceptors (Lipinski definition) is 7. The molecule has 1 aromatic heterocycles. The highest BCUT2D eigenvalue weighted by Crippen LogP contribution is 2.35. The summed E-state index contributed by atoms with van der Waals surface area (Å²) in [7, 11) is 1.55. The molecular formula is C29H24F4N6O4S. The SMILES string of the molecule is COC(C)c1ccc(C)cc1N1C(=O)CS/C1=N\C(=O)Nc1ccc(-c2ncn(-c3ccc(OC(F)(F)F)cc3)n2)cc1F. The number of anilines is 2. The van der Waals surface area contributed by atoms with Crippen LogP contribution in [0.2, 0.25) is 0 Å². The number of amides is 3. The number of thioether (sulfide) groups is 1. The molecule has 0 radical (unpaired) electrons. The van der Waals surface area contributed by atoms with Crippen molar-refractivity contribution in [3.05, 3.63) is 83.9 Å². The third kappa shape index (κ3) is 6.89. The molecule has 2 heterocycles. The summed E-state index contributed by atoms with van der Waals surface area (Å²) in [5.74, 6) is -1.23. The molecule has 1 aliphatic rings. The van der Waals surface area contributed by atoms with Crippen LogP contribution in [-0.2, 0) is 9.53 Å². The number of aliphatic imine (C=N–C) groups is 1. The van der Waals surface area contributed by atoms with Gasteiger partial charge in [-0.1, -0.05) is 23.9 Å². The minimum absolute atomic E-state index is 0.0784. The number of benzene rings is 3. The van der Waals surface area contributed by atoms with Gasteiger partial charge < -0.3 is 14.8 Å². The third-order valence-electron chi connectivity index (χ3n) is 6.48. The fourth-order valence-electron chi connectivity index (χ4n) is 4.31. The highest BCUT2D eigenvalue weighted by molar-refractivity contribution is 8.15. The van der Waals surface area contributed by atoms with Crippen molar-refractivity contribution in [3.63, 3.8) is 0 Å². The van der Waals surface area contributed by atoms with Gasteiger partial charge in [-0.25, -0.2) is 18.9 Å². The van der Waals surface area contributed by atoms with Gasteiger partial charge in [0.2, 0.25) is 5.91 Å². The average molecular weight is 629 g/mol. The molecular weight excluding hydrogens is 604 g/mol. The zero-order valence-electron chi connectivity index (χ0n) is 23.4. The van der Waals surface area contributed by atoms with Gasteiger partial charge in [0.25, 0.3) is 0 Å². The number of ether oxygens (including phenoxy) is 2. The van der Waals surface area contributed by atoms with E-state index in [0.717, 1.165) is 41.1 Å². The number of rotatable bonds is 7. The first-order valence-corrected chi connectivity index (χ1v) is 14.0. The van der Waals surface area contributed by atoms with Crippen molar-refractivity contribution in [3.8, 4) is 22.8 Å². The molecule has 3 amide bonds. The molecule has 0 bridgehead atoms. The van der Waals surface area contributed by atoms with Crippen LogP contribution in [0, 0.1) is 12.7 Å². The summed E-state index contributed by atoms with van der Waals surface area (Å²) >= 11 is 1.09. The minimum atomic E-state index is -4.81. The van der Waals surface area contributed by atoms with E-state index in [1.54, 1.807) is 7.11 Å². The summed E-state index contributed by atoms with van der Waals surface area (Å²) in [5.41, 5.74) is 2.71. The molecule has 4 aromatic rings. The zero-order valence-corrected chi connectivity index (χ0v) is 24.2. The Labute approximate surface area is 252 Å². The lowest BCUT2D eigenvalue weighted by atomic mass is 10.0. The molecule has 0 aliphatic carbocycles. The van der Waals surface area contributed by atoms with Gasteiger partial charge in [-0.15, -0.1) is 18.3 Å². The molecule has 3 aromatic carbocycles. The van der Waals surface area contributed by atoms with E-state index in [-0.39, 0.29) is 40.0 Å². The maximum absolute atomic E-state index is 15.0. The van der Waals surface area contributed by atoms with Gasteiger partial charge >= 0.3 is 12.4 Å². The van der Waals surface area contributed by atoms with Gasteiger partial charge in [-0.3, -0.25) is 9.69 Å². The van der Waals surface area contributed by atoms with Crippen LogP contribution in [0.15, 0.2) is 72.0 Å². The van der Waals surface area contributed by atoms with Crippen LogP contribution >= 0.6 is 11.8 Å². The van der Waals surface area contributed by atoms with Crippen molar-refractivity contribution in [2.45, 2.75) is 26.3 Å². The zero-order chi connectivity index (χ0) is 31.6. The predicted molar refractivity (Wildman–Crippen MR) is 156 cm³/mol. The van der Waals surface area contributed by atoms with Crippen LogP contribution < -0.4 is 15.0 Å². The maximum Gasteiger partial charge on any atom is 0.573 e. The number of carbonyl (C=O) groups excluding carboxylic acids is 2. The fraction of sp³-hybridized carbons (Fsp3) is 0.207. The molecule has 5 rings (SSSR count). The van der Waals surface area contributed by atoms with Gasteiger partial charge in [-0.2, -0.15) is 4.99 Å². The molecule has 228 valence electrons. The number of alkyl halides is 3. The maximum atomic E-state index is 15.0. The number of amidine groups is 1. The molecule has 1 saturated heterocycles. The highest BCUT2D eigenvalue weighted by Gasteiger charge is 2.33. The number of carbonyl (C=O) groups is 2. The van der Waals surface area contributed by atoms with Gasteiger partial charge in [0.15, 0.2) is 11.0 Å². The van der Waals surface area contributed by atoms with Crippen molar-refractivity contribution in [2.24, 2.45) is 4.99 Å². The van der Waals surface area contributed by atoms with E-state index in [4.69, 9.17) is 4.74 Å². The first-order valence-electron chi connectivity index (χ1n) is 13.0. The summed E-state index contributed by atoms with van der Waals surface area (Å²) in [6.07, 6.45) is -3.82. The van der Waals surface area contributed by atoms with Crippen molar-refractivity contribution >= 4 is 40.2 Å². The van der Waals surface area contributed by atoms with E-state index < -0.39 is 24.0 Å². The molecule has 15 heteroatoms. The minimum Gasteiger partial charge on any atom is -0.406 e.